The monoisotopic (exact) mass is 228 g/mol. The van der Waals surface area contributed by atoms with Gasteiger partial charge in [-0.05, 0) is 17.5 Å². The molecule has 1 aliphatic heterocycles. The number of carbonyl (C=O) groups excluding carboxylic acids is 1. The van der Waals surface area contributed by atoms with Gasteiger partial charge in [0.05, 0.1) is 5.57 Å². The second kappa shape index (κ2) is 3.46. The van der Waals surface area contributed by atoms with Crippen molar-refractivity contribution >= 4 is 11.4 Å². The summed E-state index contributed by atoms with van der Waals surface area (Å²) in [5, 5.41) is 0. The predicted molar refractivity (Wildman–Crippen MR) is 66.2 cm³/mol. The van der Waals surface area contributed by atoms with Gasteiger partial charge in [0.1, 0.15) is 12.4 Å². The quantitative estimate of drug-likeness (QED) is 0.681. The molecule has 0 spiro atoms. The van der Waals surface area contributed by atoms with Crippen molar-refractivity contribution in [3.05, 3.63) is 41.2 Å². The van der Waals surface area contributed by atoms with Crippen LogP contribution in [0.4, 0.5) is 0 Å². The summed E-state index contributed by atoms with van der Waals surface area (Å²) < 4.78 is 5.85. The number of carbonyl (C=O) groups is 1. The Kier molecular flexibility index (Phi) is 2.15. The summed E-state index contributed by atoms with van der Waals surface area (Å²) in [5.41, 5.74) is 3.00. The second-order valence-corrected chi connectivity index (χ2v) is 5.46. The van der Waals surface area contributed by atoms with Gasteiger partial charge in [-0.2, -0.15) is 0 Å². The van der Waals surface area contributed by atoms with E-state index in [2.05, 4.69) is 13.8 Å². The first-order valence-corrected chi connectivity index (χ1v) is 6.08. The Morgan fingerprint density at radius 2 is 2.00 bits per heavy atom. The zero-order valence-electron chi connectivity index (χ0n) is 10.2. The molecular formula is C15H16O2. The molecule has 2 nitrogen and oxygen atoms in total. The van der Waals surface area contributed by atoms with Crippen LogP contribution in [0.1, 0.15) is 37.8 Å². The third-order valence-corrected chi connectivity index (χ3v) is 3.76. The van der Waals surface area contributed by atoms with Crippen LogP contribution in [0.2, 0.25) is 0 Å². The Morgan fingerprint density at radius 3 is 2.82 bits per heavy atom. The molecule has 2 heteroatoms. The van der Waals surface area contributed by atoms with Crippen LogP contribution in [-0.4, -0.2) is 5.78 Å². The van der Waals surface area contributed by atoms with Gasteiger partial charge in [0, 0.05) is 11.8 Å². The molecule has 0 saturated carbocycles. The molecule has 0 radical (unpaired) electrons. The van der Waals surface area contributed by atoms with Crippen molar-refractivity contribution in [1.82, 2.24) is 0 Å². The normalized spacial score (nSPS) is 21.6. The molecule has 1 aliphatic carbocycles. The average Bonchev–Trinajstić information content (AvgIpc) is 2.33. The second-order valence-electron chi connectivity index (χ2n) is 5.46. The summed E-state index contributed by atoms with van der Waals surface area (Å²) in [6.07, 6.45) is 1.51. The molecule has 1 heterocycles. The van der Waals surface area contributed by atoms with E-state index in [1.165, 1.54) is 0 Å². The van der Waals surface area contributed by atoms with E-state index in [0.29, 0.717) is 13.0 Å². The Hall–Kier alpha value is -1.57. The molecular weight excluding hydrogens is 212 g/mol. The smallest absolute Gasteiger partial charge is 0.166 e. The third kappa shape index (κ3) is 1.51. The van der Waals surface area contributed by atoms with Gasteiger partial charge in [-0.15, -0.1) is 0 Å². The molecule has 0 unspecified atom stereocenters. The number of ether oxygens (including phenoxy) is 1. The van der Waals surface area contributed by atoms with Crippen LogP contribution in [-0.2, 0) is 16.1 Å². The first kappa shape index (κ1) is 10.6. The van der Waals surface area contributed by atoms with Gasteiger partial charge in [-0.1, -0.05) is 38.1 Å². The van der Waals surface area contributed by atoms with Crippen molar-refractivity contribution < 1.29 is 9.53 Å². The highest BCUT2D eigenvalue weighted by Gasteiger charge is 2.39. The van der Waals surface area contributed by atoms with E-state index < -0.39 is 0 Å². The number of hydrogen-bond donors (Lipinski definition) is 0. The van der Waals surface area contributed by atoms with Crippen molar-refractivity contribution in [3.63, 3.8) is 0 Å². The van der Waals surface area contributed by atoms with Gasteiger partial charge in [0.15, 0.2) is 5.78 Å². The maximum atomic E-state index is 12.1. The van der Waals surface area contributed by atoms with Gasteiger partial charge in [-0.3, -0.25) is 4.79 Å². The first-order chi connectivity index (χ1) is 8.09. The highest BCUT2D eigenvalue weighted by Crippen LogP contribution is 2.46. The minimum absolute atomic E-state index is 0.0171. The molecule has 1 aromatic carbocycles. The summed E-state index contributed by atoms with van der Waals surface area (Å²) >= 11 is 0. The average molecular weight is 228 g/mol. The van der Waals surface area contributed by atoms with Crippen LogP contribution >= 0.6 is 0 Å². The van der Waals surface area contributed by atoms with Gasteiger partial charge < -0.3 is 4.74 Å². The number of Topliss-reactive ketones (excluding diaryl/α,β-unsaturated/α-hetero) is 1. The van der Waals surface area contributed by atoms with E-state index in [0.717, 1.165) is 28.9 Å². The van der Waals surface area contributed by atoms with E-state index in [-0.39, 0.29) is 11.2 Å². The molecule has 88 valence electrons. The van der Waals surface area contributed by atoms with Crippen LogP contribution in [0, 0.1) is 5.41 Å². The van der Waals surface area contributed by atoms with Crippen LogP contribution in [0.3, 0.4) is 0 Å². The van der Waals surface area contributed by atoms with E-state index in [1.807, 2.05) is 24.3 Å². The fourth-order valence-corrected chi connectivity index (χ4v) is 2.71. The van der Waals surface area contributed by atoms with E-state index in [4.69, 9.17) is 4.74 Å². The molecule has 1 aromatic rings. The minimum Gasteiger partial charge on any atom is -0.492 e. The number of benzene rings is 1. The van der Waals surface area contributed by atoms with Crippen molar-refractivity contribution in [2.24, 2.45) is 5.41 Å². The SMILES string of the molecule is CC1(C)CCC(=O)C2=C1OCc1ccccc12. The first-order valence-electron chi connectivity index (χ1n) is 6.08. The van der Waals surface area contributed by atoms with E-state index >= 15 is 0 Å². The van der Waals surface area contributed by atoms with Crippen molar-refractivity contribution in [2.45, 2.75) is 33.3 Å². The lowest BCUT2D eigenvalue weighted by Gasteiger charge is -2.37. The van der Waals surface area contributed by atoms with E-state index in [1.54, 1.807) is 0 Å². The van der Waals surface area contributed by atoms with Gasteiger partial charge >= 0.3 is 0 Å². The summed E-state index contributed by atoms with van der Waals surface area (Å²) in [4.78, 5) is 12.1. The van der Waals surface area contributed by atoms with Crippen LogP contribution < -0.4 is 0 Å². The Morgan fingerprint density at radius 1 is 1.24 bits per heavy atom. The maximum Gasteiger partial charge on any atom is 0.166 e. The molecule has 0 saturated heterocycles. The summed E-state index contributed by atoms with van der Waals surface area (Å²) in [7, 11) is 0. The largest absolute Gasteiger partial charge is 0.492 e. The Bertz CT molecular complexity index is 523. The molecule has 2 aliphatic rings. The number of fused-ring (bicyclic) bond motifs is 2. The zero-order chi connectivity index (χ0) is 12.0. The Labute approximate surface area is 101 Å². The summed E-state index contributed by atoms with van der Waals surface area (Å²) in [6, 6.07) is 8.05. The fraction of sp³-hybridized carbons (Fsp3) is 0.400. The molecule has 0 N–H and O–H groups in total. The molecule has 0 amide bonds. The van der Waals surface area contributed by atoms with Crippen molar-refractivity contribution in [2.75, 3.05) is 0 Å². The summed E-state index contributed by atoms with van der Waals surface area (Å²) in [6.45, 7) is 4.90. The van der Waals surface area contributed by atoms with Crippen LogP contribution in [0.15, 0.2) is 30.0 Å². The highest BCUT2D eigenvalue weighted by atomic mass is 16.5. The number of hydrogen-bond acceptors (Lipinski definition) is 2. The predicted octanol–water partition coefficient (Wildman–Crippen LogP) is 3.32. The number of ketones is 1. The zero-order valence-corrected chi connectivity index (χ0v) is 10.2. The fourth-order valence-electron chi connectivity index (χ4n) is 2.71. The van der Waals surface area contributed by atoms with Crippen LogP contribution in [0.25, 0.3) is 5.57 Å². The number of allylic oxidation sites excluding steroid dienone is 2. The molecule has 0 fully saturated rings. The molecule has 3 rings (SSSR count). The Balaban J connectivity index is 2.25. The lowest BCUT2D eigenvalue weighted by molar-refractivity contribution is -0.115. The molecule has 0 atom stereocenters. The van der Waals surface area contributed by atoms with E-state index in [9.17, 15) is 4.79 Å². The number of rotatable bonds is 0. The topological polar surface area (TPSA) is 26.3 Å². The molecule has 17 heavy (non-hydrogen) atoms. The lowest BCUT2D eigenvalue weighted by atomic mass is 9.74. The van der Waals surface area contributed by atoms with Crippen LogP contribution in [0.5, 0.6) is 0 Å². The van der Waals surface area contributed by atoms with Crippen molar-refractivity contribution in [3.8, 4) is 0 Å². The summed E-state index contributed by atoms with van der Waals surface area (Å²) in [5.74, 6) is 1.12. The van der Waals surface area contributed by atoms with Crippen molar-refractivity contribution in [1.29, 1.82) is 0 Å². The maximum absolute atomic E-state index is 12.1. The van der Waals surface area contributed by atoms with Gasteiger partial charge in [0.25, 0.3) is 0 Å². The molecule has 0 aromatic heterocycles. The standard InChI is InChI=1S/C15H16O2/c1-15(2)8-7-12(16)13-11-6-4-3-5-10(11)9-17-14(13)15/h3-6H,7-9H2,1-2H3. The lowest BCUT2D eigenvalue weighted by Crippen LogP contribution is -2.29. The molecule has 0 bridgehead atoms. The highest BCUT2D eigenvalue weighted by molar-refractivity contribution is 6.22. The van der Waals surface area contributed by atoms with Gasteiger partial charge in [0.2, 0.25) is 0 Å². The van der Waals surface area contributed by atoms with Gasteiger partial charge in [-0.25, -0.2) is 0 Å². The minimum atomic E-state index is -0.0171. The third-order valence-electron chi connectivity index (χ3n) is 3.76.